The van der Waals surface area contributed by atoms with Crippen LogP contribution in [0.3, 0.4) is 0 Å². The zero-order chi connectivity index (χ0) is 15.4. The first-order chi connectivity index (χ1) is 9.95. The Kier molecular flexibility index (Phi) is 4.70. The molecule has 4 amide bonds. The summed E-state index contributed by atoms with van der Waals surface area (Å²) in [6.45, 7) is -0.539. The number of nitrogens with one attached hydrogen (secondary N) is 2. The van der Waals surface area contributed by atoms with Crippen molar-refractivity contribution >= 4 is 52.0 Å². The highest BCUT2D eigenvalue weighted by Gasteiger charge is 2.30. The van der Waals surface area contributed by atoms with Crippen LogP contribution in [0.1, 0.15) is 0 Å². The predicted octanol–water partition coefficient (Wildman–Crippen LogP) is -0.795. The lowest BCUT2D eigenvalue weighted by Crippen LogP contribution is -2.38. The van der Waals surface area contributed by atoms with Gasteiger partial charge in [-0.3, -0.25) is 24.6 Å². The first-order valence-corrected chi connectivity index (χ1v) is 7.32. The van der Waals surface area contributed by atoms with E-state index in [0.29, 0.717) is 4.34 Å². The van der Waals surface area contributed by atoms with Crippen LogP contribution in [0.2, 0.25) is 0 Å². The Labute approximate surface area is 125 Å². The maximum Gasteiger partial charge on any atom is 0.325 e. The van der Waals surface area contributed by atoms with Gasteiger partial charge in [0, 0.05) is 0 Å². The van der Waals surface area contributed by atoms with Gasteiger partial charge in [0.05, 0.1) is 12.3 Å². The molecule has 1 saturated heterocycles. The molecular formula is C9H9N5O5S2. The number of imide groups is 1. The minimum atomic E-state index is -0.987. The number of carboxylic acid groups (broad SMARTS) is 1. The highest BCUT2D eigenvalue weighted by atomic mass is 32.2. The van der Waals surface area contributed by atoms with Crippen LogP contribution in [0.5, 0.6) is 0 Å². The third-order valence-corrected chi connectivity index (χ3v) is 4.17. The third-order valence-electron chi connectivity index (χ3n) is 2.21. The van der Waals surface area contributed by atoms with Gasteiger partial charge in [-0.15, -0.1) is 10.2 Å². The Hall–Kier alpha value is -2.21. The van der Waals surface area contributed by atoms with E-state index in [-0.39, 0.29) is 17.4 Å². The van der Waals surface area contributed by atoms with Crippen molar-refractivity contribution in [3.8, 4) is 0 Å². The van der Waals surface area contributed by atoms with E-state index in [1.54, 1.807) is 0 Å². The van der Waals surface area contributed by atoms with Crippen LogP contribution in [-0.4, -0.2) is 62.9 Å². The number of carboxylic acids is 1. The van der Waals surface area contributed by atoms with Crippen LogP contribution in [-0.2, 0) is 14.4 Å². The molecule has 12 heteroatoms. The van der Waals surface area contributed by atoms with E-state index in [1.807, 2.05) is 0 Å². The van der Waals surface area contributed by atoms with Crippen LogP contribution in [0.4, 0.5) is 9.93 Å². The summed E-state index contributed by atoms with van der Waals surface area (Å²) in [6.07, 6.45) is 0. The molecule has 0 spiro atoms. The van der Waals surface area contributed by atoms with Gasteiger partial charge in [0.15, 0.2) is 4.34 Å². The summed E-state index contributed by atoms with van der Waals surface area (Å²) in [5.41, 5.74) is 0. The Morgan fingerprint density at radius 3 is 2.81 bits per heavy atom. The van der Waals surface area contributed by atoms with Gasteiger partial charge < -0.3 is 10.4 Å². The number of amides is 4. The summed E-state index contributed by atoms with van der Waals surface area (Å²) >= 11 is 1.98. The zero-order valence-corrected chi connectivity index (χ0v) is 12.0. The number of nitrogens with zero attached hydrogens (tertiary/aromatic N) is 3. The number of carbonyl (C=O) groups excluding carboxylic acids is 3. The van der Waals surface area contributed by atoms with Gasteiger partial charge in [-0.2, -0.15) is 0 Å². The number of urea groups is 1. The SMILES string of the molecule is O=C(O)CSc1nnc(NC(=O)CN2C(=O)CNC2=O)s1. The molecule has 10 nitrogen and oxygen atoms in total. The molecular weight excluding hydrogens is 322 g/mol. The number of thioether (sulfide) groups is 1. The molecule has 2 rings (SSSR count). The lowest BCUT2D eigenvalue weighted by Gasteiger charge is -2.10. The molecule has 0 radical (unpaired) electrons. The molecule has 0 aromatic carbocycles. The maximum atomic E-state index is 11.7. The van der Waals surface area contributed by atoms with Gasteiger partial charge in [-0.05, 0) is 0 Å². The first kappa shape index (κ1) is 15.2. The van der Waals surface area contributed by atoms with Gasteiger partial charge in [0.2, 0.25) is 11.0 Å². The van der Waals surface area contributed by atoms with Gasteiger partial charge in [-0.1, -0.05) is 23.1 Å². The van der Waals surface area contributed by atoms with Crippen molar-refractivity contribution in [2.45, 2.75) is 4.34 Å². The smallest absolute Gasteiger partial charge is 0.325 e. The van der Waals surface area contributed by atoms with Crippen molar-refractivity contribution in [3.63, 3.8) is 0 Å². The molecule has 1 fully saturated rings. The normalized spacial score (nSPS) is 14.2. The Bertz CT molecular complexity index is 587. The van der Waals surface area contributed by atoms with Gasteiger partial charge >= 0.3 is 12.0 Å². The Morgan fingerprint density at radius 2 is 2.19 bits per heavy atom. The van der Waals surface area contributed by atoms with Crippen LogP contribution in [0, 0.1) is 0 Å². The summed E-state index contributed by atoms with van der Waals surface area (Å²) in [7, 11) is 0. The van der Waals surface area contributed by atoms with Gasteiger partial charge in [-0.25, -0.2) is 4.79 Å². The minimum Gasteiger partial charge on any atom is -0.481 e. The average Bonchev–Trinajstić information content (AvgIpc) is 2.98. The predicted molar refractivity (Wildman–Crippen MR) is 72.0 cm³/mol. The number of aliphatic carboxylic acids is 1. The van der Waals surface area contributed by atoms with Crippen molar-refractivity contribution in [2.75, 3.05) is 24.2 Å². The van der Waals surface area contributed by atoms with Crippen molar-refractivity contribution in [1.82, 2.24) is 20.4 Å². The van der Waals surface area contributed by atoms with Crippen molar-refractivity contribution in [1.29, 1.82) is 0 Å². The van der Waals surface area contributed by atoms with E-state index in [0.717, 1.165) is 28.0 Å². The third kappa shape index (κ3) is 4.13. The largest absolute Gasteiger partial charge is 0.481 e. The molecule has 0 bridgehead atoms. The summed E-state index contributed by atoms with van der Waals surface area (Å²) in [6, 6.07) is -0.620. The molecule has 112 valence electrons. The van der Waals surface area contributed by atoms with E-state index >= 15 is 0 Å². The van der Waals surface area contributed by atoms with E-state index in [4.69, 9.17) is 5.11 Å². The molecule has 2 heterocycles. The lowest BCUT2D eigenvalue weighted by atomic mass is 10.5. The highest BCUT2D eigenvalue weighted by Crippen LogP contribution is 2.25. The van der Waals surface area contributed by atoms with Crippen LogP contribution >= 0.6 is 23.1 Å². The number of anilines is 1. The van der Waals surface area contributed by atoms with Crippen LogP contribution in [0.25, 0.3) is 0 Å². The number of aromatic nitrogens is 2. The average molecular weight is 331 g/mol. The van der Waals surface area contributed by atoms with Gasteiger partial charge in [0.1, 0.15) is 6.54 Å². The first-order valence-electron chi connectivity index (χ1n) is 5.52. The van der Waals surface area contributed by atoms with Crippen LogP contribution < -0.4 is 10.6 Å². The quantitative estimate of drug-likeness (QED) is 0.349. The Balaban J connectivity index is 1.86. The number of hydrogen-bond acceptors (Lipinski definition) is 8. The highest BCUT2D eigenvalue weighted by molar-refractivity contribution is 8.01. The standard InChI is InChI=1S/C9H9N5O5S2/c15-4(2-14-5(16)1-10-8(14)19)11-7-12-13-9(21-7)20-3-6(17)18/h1-3H2,(H,10,19)(H,17,18)(H,11,12,15). The molecule has 0 unspecified atom stereocenters. The molecule has 3 N–H and O–H groups in total. The molecule has 1 aliphatic heterocycles. The summed E-state index contributed by atoms with van der Waals surface area (Å²) in [5.74, 6) is -2.22. The second-order valence-electron chi connectivity index (χ2n) is 3.74. The van der Waals surface area contributed by atoms with E-state index in [2.05, 4.69) is 20.8 Å². The Morgan fingerprint density at radius 1 is 1.43 bits per heavy atom. The summed E-state index contributed by atoms with van der Waals surface area (Å²) in [5, 5.41) is 20.7. The summed E-state index contributed by atoms with van der Waals surface area (Å²) in [4.78, 5) is 45.4. The molecule has 0 saturated carbocycles. The van der Waals surface area contributed by atoms with E-state index in [1.165, 1.54) is 0 Å². The van der Waals surface area contributed by atoms with E-state index in [9.17, 15) is 19.2 Å². The minimum absolute atomic E-state index is 0.124. The molecule has 21 heavy (non-hydrogen) atoms. The topological polar surface area (TPSA) is 142 Å². The fourth-order valence-electron chi connectivity index (χ4n) is 1.36. The molecule has 1 aliphatic rings. The second kappa shape index (κ2) is 6.49. The summed E-state index contributed by atoms with van der Waals surface area (Å²) < 4.78 is 0.391. The second-order valence-corrected chi connectivity index (χ2v) is 5.94. The van der Waals surface area contributed by atoms with Crippen molar-refractivity contribution in [3.05, 3.63) is 0 Å². The van der Waals surface area contributed by atoms with Crippen LogP contribution in [0.15, 0.2) is 4.34 Å². The maximum absolute atomic E-state index is 11.7. The fourth-order valence-corrected chi connectivity index (χ4v) is 2.85. The monoisotopic (exact) mass is 331 g/mol. The zero-order valence-electron chi connectivity index (χ0n) is 10.4. The fraction of sp³-hybridized carbons (Fsp3) is 0.333. The molecule has 1 aromatic rings. The van der Waals surface area contributed by atoms with E-state index < -0.39 is 30.4 Å². The van der Waals surface area contributed by atoms with Crippen molar-refractivity contribution in [2.24, 2.45) is 0 Å². The lowest BCUT2D eigenvalue weighted by molar-refractivity contribution is -0.134. The number of hydrogen-bond donors (Lipinski definition) is 3. The van der Waals surface area contributed by atoms with Gasteiger partial charge in [0.25, 0.3) is 5.91 Å². The number of rotatable bonds is 6. The molecule has 0 aliphatic carbocycles. The number of carbonyl (C=O) groups is 4. The van der Waals surface area contributed by atoms with Crippen molar-refractivity contribution < 1.29 is 24.3 Å². The molecule has 1 aromatic heterocycles. The molecule has 0 atom stereocenters.